The van der Waals surface area contributed by atoms with Crippen molar-refractivity contribution in [2.75, 3.05) is 6.16 Å². The lowest BCUT2D eigenvalue weighted by Crippen LogP contribution is -2.24. The van der Waals surface area contributed by atoms with Crippen molar-refractivity contribution in [2.24, 2.45) is 5.92 Å². The Labute approximate surface area is 118 Å². The lowest BCUT2D eigenvalue weighted by atomic mass is 10.2. The van der Waals surface area contributed by atoms with E-state index in [1.54, 1.807) is 6.92 Å². The van der Waals surface area contributed by atoms with Gasteiger partial charge in [-0.1, -0.05) is 67.6 Å². The van der Waals surface area contributed by atoms with Gasteiger partial charge in [0.1, 0.15) is 7.14 Å². The second-order valence-electron chi connectivity index (χ2n) is 4.83. The Morgan fingerprint density at radius 2 is 1.40 bits per heavy atom. The fourth-order valence-electron chi connectivity index (χ4n) is 2.16. The van der Waals surface area contributed by atoms with E-state index >= 15 is 0 Å². The summed E-state index contributed by atoms with van der Waals surface area (Å²) in [4.78, 5) is 11.1. The highest BCUT2D eigenvalue weighted by atomic mass is 31.2. The maximum atomic E-state index is 13.5. The van der Waals surface area contributed by atoms with Gasteiger partial charge in [0.2, 0.25) is 0 Å². The molecule has 0 saturated carbocycles. The Balaban J connectivity index is 2.50. The monoisotopic (exact) mass is 288 g/mol. The van der Waals surface area contributed by atoms with Crippen molar-refractivity contribution in [3.8, 4) is 0 Å². The summed E-state index contributed by atoms with van der Waals surface area (Å²) in [6, 6.07) is 18.3. The Morgan fingerprint density at radius 3 is 1.75 bits per heavy atom. The number of aliphatic carboxylic acids is 1. The molecule has 0 aromatic heterocycles. The maximum absolute atomic E-state index is 13.5. The third kappa shape index (κ3) is 3.00. The maximum Gasteiger partial charge on any atom is 0.306 e. The molecule has 0 spiro atoms. The molecule has 0 aliphatic carbocycles. The van der Waals surface area contributed by atoms with Crippen LogP contribution < -0.4 is 10.6 Å². The minimum Gasteiger partial charge on any atom is -0.481 e. The molecule has 3 nitrogen and oxygen atoms in total. The number of hydrogen-bond donors (Lipinski definition) is 1. The highest BCUT2D eigenvalue weighted by molar-refractivity contribution is 7.78. The molecule has 2 rings (SSSR count). The largest absolute Gasteiger partial charge is 0.481 e. The van der Waals surface area contributed by atoms with Crippen LogP contribution in [0.1, 0.15) is 6.92 Å². The van der Waals surface area contributed by atoms with Crippen LogP contribution in [0.2, 0.25) is 0 Å². The Kier molecular flexibility index (Phi) is 4.41. The summed E-state index contributed by atoms with van der Waals surface area (Å²) in [5.41, 5.74) is 0. The fraction of sp³-hybridized carbons (Fsp3) is 0.188. The van der Waals surface area contributed by atoms with Crippen molar-refractivity contribution in [1.82, 2.24) is 0 Å². The minimum atomic E-state index is -2.91. The molecule has 0 bridgehead atoms. The third-order valence-corrected chi connectivity index (χ3v) is 6.63. The first-order valence-electron chi connectivity index (χ1n) is 6.47. The Hall–Kier alpha value is -1.86. The topological polar surface area (TPSA) is 54.4 Å². The van der Waals surface area contributed by atoms with Crippen LogP contribution in [0.25, 0.3) is 0 Å². The van der Waals surface area contributed by atoms with E-state index in [9.17, 15) is 9.36 Å². The molecule has 0 aliphatic heterocycles. The van der Waals surface area contributed by atoms with Crippen LogP contribution in [0.3, 0.4) is 0 Å². The van der Waals surface area contributed by atoms with Crippen LogP contribution in [0, 0.1) is 5.92 Å². The Morgan fingerprint density at radius 1 is 1.00 bits per heavy atom. The van der Waals surface area contributed by atoms with Crippen molar-refractivity contribution < 1.29 is 14.5 Å². The molecule has 2 aromatic rings. The van der Waals surface area contributed by atoms with Crippen LogP contribution >= 0.6 is 7.14 Å². The molecular weight excluding hydrogens is 271 g/mol. The van der Waals surface area contributed by atoms with Crippen LogP contribution in [-0.2, 0) is 9.36 Å². The summed E-state index contributed by atoms with van der Waals surface area (Å²) >= 11 is 0. The first-order valence-corrected chi connectivity index (χ1v) is 8.36. The highest BCUT2D eigenvalue weighted by Gasteiger charge is 2.31. The normalized spacial score (nSPS) is 12.8. The molecule has 0 radical (unpaired) electrons. The summed E-state index contributed by atoms with van der Waals surface area (Å²) in [6.07, 6.45) is 0.135. The number of rotatable bonds is 5. The van der Waals surface area contributed by atoms with Crippen LogP contribution in [0.15, 0.2) is 60.7 Å². The average Bonchev–Trinajstić information content (AvgIpc) is 2.48. The average molecular weight is 288 g/mol. The predicted octanol–water partition coefficient (Wildman–Crippen LogP) is 2.72. The minimum absolute atomic E-state index is 0.135. The fourth-order valence-corrected chi connectivity index (χ4v) is 5.12. The van der Waals surface area contributed by atoms with E-state index in [2.05, 4.69) is 0 Å². The molecule has 0 aliphatic rings. The van der Waals surface area contributed by atoms with E-state index in [-0.39, 0.29) is 6.16 Å². The molecule has 2 aromatic carbocycles. The number of carboxylic acids is 1. The van der Waals surface area contributed by atoms with E-state index in [0.29, 0.717) is 10.6 Å². The van der Waals surface area contributed by atoms with Gasteiger partial charge in [0, 0.05) is 16.8 Å². The second-order valence-corrected chi connectivity index (χ2v) is 7.71. The van der Waals surface area contributed by atoms with Crippen LogP contribution in [0.5, 0.6) is 0 Å². The zero-order valence-corrected chi connectivity index (χ0v) is 12.2. The molecular formula is C16H17O3P. The molecule has 4 heteroatoms. The first kappa shape index (κ1) is 14.5. The molecule has 1 atom stereocenters. The van der Waals surface area contributed by atoms with Crippen molar-refractivity contribution in [2.45, 2.75) is 6.92 Å². The van der Waals surface area contributed by atoms with Gasteiger partial charge in [-0.05, 0) is 0 Å². The summed E-state index contributed by atoms with van der Waals surface area (Å²) < 4.78 is 13.5. The quantitative estimate of drug-likeness (QED) is 0.861. The number of benzene rings is 2. The standard InChI is InChI=1S/C16H17O3P/c1-13(16(17)18)12-20(19,14-8-4-2-5-9-14)15-10-6-3-7-11-15/h2-11,13H,12H2,1H3,(H,17,18)/t13-/m1/s1. The van der Waals surface area contributed by atoms with E-state index in [1.807, 2.05) is 60.7 Å². The van der Waals surface area contributed by atoms with E-state index in [1.165, 1.54) is 0 Å². The molecule has 0 amide bonds. The van der Waals surface area contributed by atoms with Gasteiger partial charge in [-0.15, -0.1) is 0 Å². The SMILES string of the molecule is C[C@H](CP(=O)(c1ccccc1)c1ccccc1)C(=O)O. The van der Waals surface area contributed by atoms with Crippen molar-refractivity contribution in [3.63, 3.8) is 0 Å². The van der Waals surface area contributed by atoms with Gasteiger partial charge >= 0.3 is 5.97 Å². The van der Waals surface area contributed by atoms with Crippen molar-refractivity contribution in [3.05, 3.63) is 60.7 Å². The van der Waals surface area contributed by atoms with Gasteiger partial charge in [-0.3, -0.25) is 4.79 Å². The molecule has 0 unspecified atom stereocenters. The molecule has 20 heavy (non-hydrogen) atoms. The van der Waals surface area contributed by atoms with Crippen LogP contribution in [-0.4, -0.2) is 17.2 Å². The molecule has 104 valence electrons. The van der Waals surface area contributed by atoms with Gasteiger partial charge in [0.15, 0.2) is 0 Å². The molecule has 0 fully saturated rings. The third-order valence-electron chi connectivity index (χ3n) is 3.30. The number of hydrogen-bond acceptors (Lipinski definition) is 2. The van der Waals surface area contributed by atoms with Gasteiger partial charge in [0.25, 0.3) is 0 Å². The molecule has 0 saturated heterocycles. The van der Waals surface area contributed by atoms with Gasteiger partial charge in [-0.25, -0.2) is 0 Å². The van der Waals surface area contributed by atoms with Gasteiger partial charge in [-0.2, -0.15) is 0 Å². The smallest absolute Gasteiger partial charge is 0.306 e. The highest BCUT2D eigenvalue weighted by Crippen LogP contribution is 2.45. The van der Waals surface area contributed by atoms with E-state index in [0.717, 1.165) is 0 Å². The summed E-state index contributed by atoms with van der Waals surface area (Å²) in [5, 5.41) is 10.5. The lowest BCUT2D eigenvalue weighted by Gasteiger charge is -2.21. The summed E-state index contributed by atoms with van der Waals surface area (Å²) in [6.45, 7) is 1.60. The number of carboxylic acid groups (broad SMARTS) is 1. The lowest BCUT2D eigenvalue weighted by molar-refractivity contribution is -0.140. The van der Waals surface area contributed by atoms with Crippen molar-refractivity contribution >= 4 is 23.7 Å². The summed E-state index contributed by atoms with van der Waals surface area (Å²) in [7, 11) is -2.91. The second kappa shape index (κ2) is 6.06. The van der Waals surface area contributed by atoms with E-state index in [4.69, 9.17) is 5.11 Å². The zero-order valence-electron chi connectivity index (χ0n) is 11.3. The first-order chi connectivity index (χ1) is 9.54. The number of carbonyl (C=O) groups is 1. The summed E-state index contributed by atoms with van der Waals surface area (Å²) in [5.74, 6) is -1.57. The Bertz CT molecular complexity index is 579. The van der Waals surface area contributed by atoms with Gasteiger partial charge < -0.3 is 9.67 Å². The predicted molar refractivity (Wildman–Crippen MR) is 81.4 cm³/mol. The van der Waals surface area contributed by atoms with E-state index < -0.39 is 19.0 Å². The van der Waals surface area contributed by atoms with Crippen LogP contribution in [0.4, 0.5) is 0 Å². The molecule has 0 heterocycles. The molecule has 1 N–H and O–H groups in total. The van der Waals surface area contributed by atoms with Crippen molar-refractivity contribution in [1.29, 1.82) is 0 Å². The van der Waals surface area contributed by atoms with Gasteiger partial charge in [0.05, 0.1) is 5.92 Å². The zero-order chi connectivity index (χ0) is 14.6.